The lowest BCUT2D eigenvalue weighted by molar-refractivity contribution is -0.114. The maximum Gasteiger partial charge on any atom is 0.414 e. The van der Waals surface area contributed by atoms with Crippen LogP contribution in [0.5, 0.6) is 0 Å². The summed E-state index contributed by atoms with van der Waals surface area (Å²) in [4.78, 5) is 47.2. The van der Waals surface area contributed by atoms with Crippen LogP contribution < -0.4 is 16.0 Å². The van der Waals surface area contributed by atoms with Crippen molar-refractivity contribution in [2.24, 2.45) is 9.98 Å². The molecule has 0 aliphatic rings. The second kappa shape index (κ2) is 16.8. The first kappa shape index (κ1) is 34.9. The van der Waals surface area contributed by atoms with Crippen molar-refractivity contribution in [2.45, 2.75) is 52.9 Å². The number of amides is 4. The number of ether oxygens (including phenoxy) is 1. The van der Waals surface area contributed by atoms with Gasteiger partial charge in [-0.2, -0.15) is 22.6 Å². The molecule has 15 heteroatoms. The fourth-order valence-electron chi connectivity index (χ4n) is 2.71. The van der Waals surface area contributed by atoms with Crippen LogP contribution >= 0.6 is 11.3 Å². The van der Waals surface area contributed by atoms with Gasteiger partial charge in [0.25, 0.3) is 17.1 Å². The predicted octanol–water partition coefficient (Wildman–Crippen LogP) is 4.65. The summed E-state index contributed by atoms with van der Waals surface area (Å²) in [6.07, 6.45) is 3.85. The summed E-state index contributed by atoms with van der Waals surface area (Å²) in [5, 5.41) is 6.15. The molecular formula is C26H32F4N6O4S. The Bertz CT molecular complexity index is 1260. The topological polar surface area (TPSA) is 134 Å². The van der Waals surface area contributed by atoms with Crippen LogP contribution in [0.25, 0.3) is 0 Å². The van der Waals surface area contributed by atoms with Crippen molar-refractivity contribution >= 4 is 40.6 Å². The Hall–Kier alpha value is -4.14. The van der Waals surface area contributed by atoms with E-state index in [-0.39, 0.29) is 16.5 Å². The smallest absolute Gasteiger partial charge is 0.414 e. The molecule has 1 heterocycles. The van der Waals surface area contributed by atoms with Gasteiger partial charge in [0.05, 0.1) is 18.0 Å². The number of thiazole rings is 1. The van der Waals surface area contributed by atoms with E-state index in [0.717, 1.165) is 19.2 Å². The first-order chi connectivity index (χ1) is 19.2. The lowest BCUT2D eigenvalue weighted by atomic mass is 10.1. The molecule has 0 bridgehead atoms. The summed E-state index contributed by atoms with van der Waals surface area (Å²) in [6.45, 7) is 7.75. The first-order valence-corrected chi connectivity index (χ1v) is 13.0. The van der Waals surface area contributed by atoms with Gasteiger partial charge in [-0.1, -0.05) is 17.4 Å². The predicted molar refractivity (Wildman–Crippen MR) is 149 cm³/mol. The molecule has 224 valence electrons. The second-order valence-electron chi connectivity index (χ2n) is 8.26. The van der Waals surface area contributed by atoms with E-state index in [1.54, 1.807) is 26.8 Å². The van der Waals surface area contributed by atoms with Crippen molar-refractivity contribution in [3.05, 3.63) is 64.2 Å². The molecule has 0 radical (unpaired) electrons. The number of aromatic nitrogens is 1. The van der Waals surface area contributed by atoms with Crippen molar-refractivity contribution in [1.82, 2.24) is 20.9 Å². The zero-order valence-corrected chi connectivity index (χ0v) is 24.1. The fourth-order valence-corrected chi connectivity index (χ4v) is 3.25. The van der Waals surface area contributed by atoms with E-state index in [1.807, 2.05) is 0 Å². The lowest BCUT2D eigenvalue weighted by Crippen LogP contribution is -2.30. The van der Waals surface area contributed by atoms with Crippen LogP contribution in [-0.4, -0.2) is 66.2 Å². The highest BCUT2D eigenvalue weighted by Gasteiger charge is 2.33. The van der Waals surface area contributed by atoms with Crippen molar-refractivity contribution in [2.75, 3.05) is 13.6 Å². The van der Waals surface area contributed by atoms with Gasteiger partial charge in [0, 0.05) is 37.1 Å². The highest BCUT2D eigenvalue weighted by Crippen LogP contribution is 2.27. The number of allylic oxidation sites excluding steroid dienone is 3. The Balaban J connectivity index is 2.81. The molecule has 0 spiro atoms. The van der Waals surface area contributed by atoms with Crippen molar-refractivity contribution in [3.63, 3.8) is 0 Å². The van der Waals surface area contributed by atoms with Gasteiger partial charge in [0.15, 0.2) is 0 Å². The minimum absolute atomic E-state index is 0.206. The third-order valence-corrected chi connectivity index (χ3v) is 5.66. The third kappa shape index (κ3) is 13.2. The SMILES string of the molecule is CCN=C(/C=C/OC(C)/C=C\C(C)=NC(=O)NC(C)C=CC(NC(=O)c1cnc(F)s1)=C(C)C(F)(F)F)C(=O)NC. The van der Waals surface area contributed by atoms with E-state index >= 15 is 0 Å². The quantitative estimate of drug-likeness (QED) is 0.139. The standard InChI is InChI=1S/C26H32F4N6O4S/c1-7-32-20(22(37)31-6)12-13-40-17(4)10-8-15(2)34-25(39)35-16(3)9-11-19(18(5)26(28,29)30)36-23(38)21-14-33-24(27)41-21/h8-14,16-17H,7H2,1-6H3,(H,31,37)(H,35,39)(H,36,38)/b10-8-,11-9?,13-12+,19-18?,32-20?,34-15?. The Morgan fingerprint density at radius 2 is 1.83 bits per heavy atom. The molecule has 0 fully saturated rings. The highest BCUT2D eigenvalue weighted by molar-refractivity contribution is 7.12. The molecule has 2 unspecified atom stereocenters. The van der Waals surface area contributed by atoms with Crippen LogP contribution in [-0.2, 0) is 9.53 Å². The lowest BCUT2D eigenvalue weighted by Gasteiger charge is -2.14. The zero-order chi connectivity index (χ0) is 31.2. The Labute approximate surface area is 239 Å². The first-order valence-electron chi connectivity index (χ1n) is 12.2. The van der Waals surface area contributed by atoms with Gasteiger partial charge in [-0.05, 0) is 52.8 Å². The van der Waals surface area contributed by atoms with Crippen LogP contribution in [0.4, 0.5) is 22.4 Å². The molecule has 0 saturated heterocycles. The van der Waals surface area contributed by atoms with Crippen molar-refractivity contribution < 1.29 is 36.7 Å². The minimum atomic E-state index is -4.75. The summed E-state index contributed by atoms with van der Waals surface area (Å²) in [7, 11) is 1.49. The number of rotatable bonds is 12. The molecule has 1 rings (SSSR count). The average Bonchev–Trinajstić information content (AvgIpc) is 3.34. The van der Waals surface area contributed by atoms with Gasteiger partial charge in [-0.25, -0.2) is 9.78 Å². The highest BCUT2D eigenvalue weighted by atomic mass is 32.1. The van der Waals surface area contributed by atoms with E-state index in [0.29, 0.717) is 23.6 Å². The molecule has 1 aromatic rings. The number of nitrogens with zero attached hydrogens (tertiary/aromatic N) is 3. The largest absolute Gasteiger partial charge is 0.494 e. The number of hydrogen-bond donors (Lipinski definition) is 3. The monoisotopic (exact) mass is 600 g/mol. The molecule has 2 atom stereocenters. The molecule has 0 saturated carbocycles. The molecule has 10 nitrogen and oxygen atoms in total. The van der Waals surface area contributed by atoms with Gasteiger partial charge < -0.3 is 20.7 Å². The zero-order valence-electron chi connectivity index (χ0n) is 23.3. The number of urea groups is 1. The van der Waals surface area contributed by atoms with E-state index in [1.165, 1.54) is 38.5 Å². The molecule has 0 aliphatic carbocycles. The van der Waals surface area contributed by atoms with E-state index in [4.69, 9.17) is 4.74 Å². The summed E-state index contributed by atoms with van der Waals surface area (Å²) in [5.41, 5.74) is -1.16. The molecule has 4 amide bonds. The summed E-state index contributed by atoms with van der Waals surface area (Å²) in [5.74, 6) is -1.32. The number of aliphatic imine (C=N–C) groups is 2. The van der Waals surface area contributed by atoms with Crippen molar-refractivity contribution in [3.8, 4) is 0 Å². The normalized spacial score (nSPS) is 15.2. The molecular weight excluding hydrogens is 568 g/mol. The molecule has 41 heavy (non-hydrogen) atoms. The third-order valence-electron chi connectivity index (χ3n) is 4.88. The summed E-state index contributed by atoms with van der Waals surface area (Å²) >= 11 is 0.384. The van der Waals surface area contributed by atoms with Crippen LogP contribution in [0.15, 0.2) is 64.1 Å². The van der Waals surface area contributed by atoms with E-state index in [9.17, 15) is 31.9 Å². The Morgan fingerprint density at radius 3 is 2.39 bits per heavy atom. The molecule has 3 N–H and O–H groups in total. The van der Waals surface area contributed by atoms with Crippen LogP contribution in [0.3, 0.4) is 0 Å². The number of halogens is 4. The number of hydrogen-bond acceptors (Lipinski definition) is 7. The minimum Gasteiger partial charge on any atom is -0.494 e. The van der Waals surface area contributed by atoms with Gasteiger partial charge in [-0.15, -0.1) is 0 Å². The Kier molecular flexibility index (Phi) is 14.3. The van der Waals surface area contributed by atoms with E-state index in [2.05, 4.69) is 30.9 Å². The van der Waals surface area contributed by atoms with Crippen LogP contribution in [0.2, 0.25) is 0 Å². The Morgan fingerprint density at radius 1 is 1.15 bits per heavy atom. The fraction of sp³-hybridized carbons (Fsp3) is 0.385. The number of alkyl halides is 3. The van der Waals surface area contributed by atoms with E-state index < -0.39 is 46.8 Å². The second-order valence-corrected chi connectivity index (χ2v) is 9.24. The molecule has 0 aliphatic heterocycles. The summed E-state index contributed by atoms with van der Waals surface area (Å²) in [6, 6.07) is -1.53. The number of carbonyl (C=O) groups excluding carboxylic acids is 3. The maximum atomic E-state index is 13.3. The van der Waals surface area contributed by atoms with Gasteiger partial charge >= 0.3 is 12.2 Å². The van der Waals surface area contributed by atoms with Crippen molar-refractivity contribution in [1.29, 1.82) is 0 Å². The maximum absolute atomic E-state index is 13.3. The van der Waals surface area contributed by atoms with Crippen LogP contribution in [0, 0.1) is 5.26 Å². The average molecular weight is 601 g/mol. The number of carbonyl (C=O) groups is 3. The molecule has 1 aromatic heterocycles. The number of nitrogens with one attached hydrogen (secondary N) is 3. The van der Waals surface area contributed by atoms with Gasteiger partial charge in [-0.3, -0.25) is 14.6 Å². The summed E-state index contributed by atoms with van der Waals surface area (Å²) < 4.78 is 58.5. The molecule has 0 aromatic carbocycles. The van der Waals surface area contributed by atoms with Gasteiger partial charge in [0.1, 0.15) is 16.7 Å². The van der Waals surface area contributed by atoms with Gasteiger partial charge in [0.2, 0.25) is 0 Å². The van der Waals surface area contributed by atoms with Crippen LogP contribution in [0.1, 0.15) is 44.3 Å².